The molecule has 2 aromatic carbocycles. The Morgan fingerprint density at radius 1 is 1.29 bits per heavy atom. The van der Waals surface area contributed by atoms with Gasteiger partial charge in [0.2, 0.25) is 0 Å². The van der Waals surface area contributed by atoms with Gasteiger partial charge < -0.3 is 9.84 Å². The molecule has 0 aliphatic rings. The minimum absolute atomic E-state index is 0.132. The summed E-state index contributed by atoms with van der Waals surface area (Å²) >= 11 is 5.90. The van der Waals surface area contributed by atoms with E-state index in [4.69, 9.17) is 16.3 Å². The zero-order valence-electron chi connectivity index (χ0n) is 11.0. The summed E-state index contributed by atoms with van der Waals surface area (Å²) in [5.41, 5.74) is 2.99. The summed E-state index contributed by atoms with van der Waals surface area (Å²) < 4.78 is 5.26. The number of halogens is 1. The number of nitrogens with one attached hydrogen (secondary N) is 1. The van der Waals surface area contributed by atoms with Crippen LogP contribution >= 0.6 is 11.6 Å². The molecule has 2 N–H and O–H groups in total. The monoisotopic (exact) mass is 304 g/mol. The van der Waals surface area contributed by atoms with Crippen LogP contribution in [0.25, 0.3) is 0 Å². The van der Waals surface area contributed by atoms with Crippen molar-refractivity contribution in [3.63, 3.8) is 0 Å². The van der Waals surface area contributed by atoms with Gasteiger partial charge >= 0.3 is 0 Å². The maximum absolute atomic E-state index is 11.5. The van der Waals surface area contributed by atoms with Gasteiger partial charge in [0, 0.05) is 0 Å². The van der Waals surface area contributed by atoms with Crippen molar-refractivity contribution in [1.82, 2.24) is 5.43 Å². The number of carbonyl (C=O) groups is 1. The van der Waals surface area contributed by atoms with Gasteiger partial charge in [0.25, 0.3) is 5.91 Å². The minimum atomic E-state index is -0.411. The maximum atomic E-state index is 11.5. The highest BCUT2D eigenvalue weighted by atomic mass is 35.5. The minimum Gasteiger partial charge on any atom is -0.508 e. The van der Waals surface area contributed by atoms with E-state index < -0.39 is 5.91 Å². The van der Waals surface area contributed by atoms with Crippen LogP contribution in [-0.4, -0.2) is 23.8 Å². The number of hydrogen-bond donors (Lipinski definition) is 2. The normalized spacial score (nSPS) is 10.5. The summed E-state index contributed by atoms with van der Waals surface area (Å²) in [6.45, 7) is -0.193. The van der Waals surface area contributed by atoms with E-state index in [9.17, 15) is 9.90 Å². The Labute approximate surface area is 126 Å². The topological polar surface area (TPSA) is 70.9 Å². The summed E-state index contributed by atoms with van der Waals surface area (Å²) in [7, 11) is 0. The van der Waals surface area contributed by atoms with E-state index in [1.165, 1.54) is 12.3 Å². The predicted molar refractivity (Wildman–Crippen MR) is 80.8 cm³/mol. The van der Waals surface area contributed by atoms with E-state index >= 15 is 0 Å². The molecule has 2 aromatic rings. The molecule has 21 heavy (non-hydrogen) atoms. The molecule has 0 heterocycles. The molecule has 6 heteroatoms. The highest BCUT2D eigenvalue weighted by Crippen LogP contribution is 2.22. The van der Waals surface area contributed by atoms with Crippen LogP contribution in [0.2, 0.25) is 5.02 Å². The molecule has 0 fully saturated rings. The first-order valence-electron chi connectivity index (χ1n) is 6.13. The van der Waals surface area contributed by atoms with E-state index in [2.05, 4.69) is 10.5 Å². The summed E-state index contributed by atoms with van der Waals surface area (Å²) in [4.78, 5) is 11.5. The fourth-order valence-corrected chi connectivity index (χ4v) is 1.71. The van der Waals surface area contributed by atoms with Crippen LogP contribution in [0.1, 0.15) is 5.56 Å². The third kappa shape index (κ3) is 4.81. The highest BCUT2D eigenvalue weighted by Gasteiger charge is 2.04. The SMILES string of the molecule is O=C(COc1ccccc1Cl)N/N=C/c1cccc(O)c1. The number of benzene rings is 2. The van der Waals surface area contributed by atoms with Gasteiger partial charge in [-0.3, -0.25) is 4.79 Å². The molecule has 0 saturated heterocycles. The molecular formula is C15H13ClN2O3. The van der Waals surface area contributed by atoms with Crippen molar-refractivity contribution >= 4 is 23.7 Å². The van der Waals surface area contributed by atoms with Crippen molar-refractivity contribution in [3.8, 4) is 11.5 Å². The van der Waals surface area contributed by atoms with Crippen LogP contribution in [0.3, 0.4) is 0 Å². The lowest BCUT2D eigenvalue weighted by Crippen LogP contribution is -2.24. The molecule has 5 nitrogen and oxygen atoms in total. The molecule has 0 unspecified atom stereocenters. The Morgan fingerprint density at radius 3 is 2.86 bits per heavy atom. The molecule has 0 atom stereocenters. The number of aromatic hydroxyl groups is 1. The average Bonchev–Trinajstić information content (AvgIpc) is 2.46. The molecule has 1 amide bonds. The van der Waals surface area contributed by atoms with Gasteiger partial charge in [0.1, 0.15) is 11.5 Å². The van der Waals surface area contributed by atoms with E-state index in [1.807, 2.05) is 0 Å². The molecule has 2 rings (SSSR count). The zero-order valence-corrected chi connectivity index (χ0v) is 11.7. The first kappa shape index (κ1) is 14.9. The largest absolute Gasteiger partial charge is 0.508 e. The number of para-hydroxylation sites is 1. The maximum Gasteiger partial charge on any atom is 0.277 e. The van der Waals surface area contributed by atoms with Crippen molar-refractivity contribution in [3.05, 3.63) is 59.1 Å². The number of phenols is 1. The Hall–Kier alpha value is -2.53. The van der Waals surface area contributed by atoms with Gasteiger partial charge in [0.15, 0.2) is 6.61 Å². The van der Waals surface area contributed by atoms with Gasteiger partial charge in [0.05, 0.1) is 11.2 Å². The molecule has 0 aromatic heterocycles. The Bertz CT molecular complexity index is 659. The smallest absolute Gasteiger partial charge is 0.277 e. The van der Waals surface area contributed by atoms with E-state index in [0.717, 1.165) is 0 Å². The fraction of sp³-hybridized carbons (Fsp3) is 0.0667. The molecule has 0 saturated carbocycles. The Balaban J connectivity index is 1.81. The zero-order chi connectivity index (χ0) is 15.1. The number of ether oxygens (including phenoxy) is 1. The second kappa shape index (κ2) is 7.31. The number of hydrogen-bond acceptors (Lipinski definition) is 4. The fourth-order valence-electron chi connectivity index (χ4n) is 1.52. The second-order valence-corrected chi connectivity index (χ2v) is 4.51. The van der Waals surface area contributed by atoms with Crippen LogP contribution < -0.4 is 10.2 Å². The molecule has 0 spiro atoms. The van der Waals surface area contributed by atoms with Crippen LogP contribution in [0, 0.1) is 0 Å². The van der Waals surface area contributed by atoms with E-state index in [-0.39, 0.29) is 12.4 Å². The van der Waals surface area contributed by atoms with Crippen molar-refractivity contribution in [2.24, 2.45) is 5.10 Å². The average molecular weight is 305 g/mol. The number of phenolic OH excluding ortho intramolecular Hbond substituents is 1. The van der Waals surface area contributed by atoms with Crippen LogP contribution in [0.15, 0.2) is 53.6 Å². The Kier molecular flexibility index (Phi) is 5.17. The van der Waals surface area contributed by atoms with Gasteiger partial charge in [-0.1, -0.05) is 35.9 Å². The lowest BCUT2D eigenvalue weighted by atomic mass is 10.2. The van der Waals surface area contributed by atoms with Crippen LogP contribution in [-0.2, 0) is 4.79 Å². The predicted octanol–water partition coefficient (Wildman–Crippen LogP) is 2.57. The van der Waals surface area contributed by atoms with Crippen molar-refractivity contribution in [2.75, 3.05) is 6.61 Å². The number of carbonyl (C=O) groups excluding carboxylic acids is 1. The van der Waals surface area contributed by atoms with Crippen molar-refractivity contribution in [2.45, 2.75) is 0 Å². The van der Waals surface area contributed by atoms with Crippen molar-refractivity contribution in [1.29, 1.82) is 0 Å². The lowest BCUT2D eigenvalue weighted by molar-refractivity contribution is -0.123. The van der Waals surface area contributed by atoms with E-state index in [1.54, 1.807) is 42.5 Å². The van der Waals surface area contributed by atoms with E-state index in [0.29, 0.717) is 16.3 Å². The summed E-state index contributed by atoms with van der Waals surface area (Å²) in [6.07, 6.45) is 1.42. The van der Waals surface area contributed by atoms with Crippen LogP contribution in [0.5, 0.6) is 11.5 Å². The van der Waals surface area contributed by atoms with Crippen LogP contribution in [0.4, 0.5) is 0 Å². The number of nitrogens with zero attached hydrogens (tertiary/aromatic N) is 1. The highest BCUT2D eigenvalue weighted by molar-refractivity contribution is 6.32. The number of hydrazone groups is 1. The molecular weight excluding hydrogens is 292 g/mol. The second-order valence-electron chi connectivity index (χ2n) is 4.11. The summed E-state index contributed by atoms with van der Waals surface area (Å²) in [6, 6.07) is 13.4. The molecule has 0 radical (unpaired) electrons. The molecule has 0 bridgehead atoms. The van der Waals surface area contributed by atoms with Gasteiger partial charge in [-0.2, -0.15) is 5.10 Å². The molecule has 0 aliphatic heterocycles. The van der Waals surface area contributed by atoms with Gasteiger partial charge in [-0.15, -0.1) is 0 Å². The first-order valence-corrected chi connectivity index (χ1v) is 6.51. The molecule has 0 aliphatic carbocycles. The number of amides is 1. The lowest BCUT2D eigenvalue weighted by Gasteiger charge is -2.06. The third-order valence-electron chi connectivity index (χ3n) is 2.47. The summed E-state index contributed by atoms with van der Waals surface area (Å²) in [5.74, 6) is 0.157. The van der Waals surface area contributed by atoms with Crippen molar-refractivity contribution < 1.29 is 14.6 Å². The Morgan fingerprint density at radius 2 is 2.10 bits per heavy atom. The molecule has 108 valence electrons. The number of rotatable bonds is 5. The van der Waals surface area contributed by atoms with Gasteiger partial charge in [-0.05, 0) is 29.8 Å². The summed E-state index contributed by atoms with van der Waals surface area (Å²) in [5, 5.41) is 13.5. The van der Waals surface area contributed by atoms with Gasteiger partial charge in [-0.25, -0.2) is 5.43 Å². The standard InChI is InChI=1S/C15H13ClN2O3/c16-13-6-1-2-7-14(13)21-10-15(20)18-17-9-11-4-3-5-12(19)8-11/h1-9,19H,10H2,(H,18,20)/b17-9+. The third-order valence-corrected chi connectivity index (χ3v) is 2.78. The first-order chi connectivity index (χ1) is 10.1. The quantitative estimate of drug-likeness (QED) is 0.659.